The predicted molar refractivity (Wildman–Crippen MR) is 124 cm³/mol. The number of hydrogen-bond donors (Lipinski definition) is 2. The van der Waals surface area contributed by atoms with Crippen molar-refractivity contribution in [2.24, 2.45) is 0 Å². The number of rotatable bonds is 4. The summed E-state index contributed by atoms with van der Waals surface area (Å²) in [6.45, 7) is 1.86. The van der Waals surface area contributed by atoms with Crippen molar-refractivity contribution < 1.29 is 9.21 Å². The molecular weight excluding hydrogens is 451 g/mol. The van der Waals surface area contributed by atoms with Crippen molar-refractivity contribution >= 4 is 69.8 Å². The number of anilines is 1. The van der Waals surface area contributed by atoms with E-state index in [0.29, 0.717) is 32.2 Å². The molecule has 0 saturated carbocycles. The van der Waals surface area contributed by atoms with E-state index in [1.165, 1.54) is 12.2 Å². The van der Waals surface area contributed by atoms with Crippen LogP contribution in [0.2, 0.25) is 15.1 Å². The topological polar surface area (TPSA) is 54.3 Å². The fourth-order valence-corrected chi connectivity index (χ4v) is 3.37. The maximum Gasteiger partial charge on any atom is 0.250 e. The summed E-state index contributed by atoms with van der Waals surface area (Å²) >= 11 is 23.3. The first-order chi connectivity index (χ1) is 13.8. The monoisotopic (exact) mass is 464 g/mol. The van der Waals surface area contributed by atoms with E-state index < -0.39 is 5.91 Å². The Bertz CT molecular complexity index is 1110. The summed E-state index contributed by atoms with van der Waals surface area (Å²) < 4.78 is 5.71. The van der Waals surface area contributed by atoms with Gasteiger partial charge >= 0.3 is 0 Å². The van der Waals surface area contributed by atoms with Gasteiger partial charge in [0, 0.05) is 27.4 Å². The lowest BCUT2D eigenvalue weighted by molar-refractivity contribution is -0.115. The van der Waals surface area contributed by atoms with Crippen LogP contribution in [0.3, 0.4) is 0 Å². The molecule has 0 unspecified atom stereocenters. The molecule has 29 heavy (non-hydrogen) atoms. The third-order valence-electron chi connectivity index (χ3n) is 3.97. The largest absolute Gasteiger partial charge is 0.457 e. The molecule has 0 aliphatic rings. The van der Waals surface area contributed by atoms with Gasteiger partial charge in [0.25, 0.3) is 0 Å². The van der Waals surface area contributed by atoms with Gasteiger partial charge in [-0.1, -0.05) is 40.9 Å². The van der Waals surface area contributed by atoms with Crippen molar-refractivity contribution in [2.45, 2.75) is 6.92 Å². The van der Waals surface area contributed by atoms with Crippen LogP contribution >= 0.6 is 47.0 Å². The van der Waals surface area contributed by atoms with Crippen molar-refractivity contribution in [2.75, 3.05) is 5.32 Å². The SMILES string of the molecule is Cc1c(Cl)cccc1NC(=S)NC(=O)/C=C/c1ccc(-c2ccc(Cl)cc2Cl)o1. The first-order valence-corrected chi connectivity index (χ1v) is 9.98. The zero-order valence-corrected chi connectivity index (χ0v) is 18.2. The molecule has 0 atom stereocenters. The summed E-state index contributed by atoms with van der Waals surface area (Å²) in [4.78, 5) is 12.1. The van der Waals surface area contributed by atoms with Crippen LogP contribution in [0.4, 0.5) is 5.69 Å². The van der Waals surface area contributed by atoms with Crippen LogP contribution in [0.1, 0.15) is 11.3 Å². The van der Waals surface area contributed by atoms with E-state index in [0.717, 1.165) is 11.3 Å². The lowest BCUT2D eigenvalue weighted by Gasteiger charge is -2.11. The fourth-order valence-electron chi connectivity index (χ4n) is 2.48. The lowest BCUT2D eigenvalue weighted by atomic mass is 10.2. The van der Waals surface area contributed by atoms with Crippen molar-refractivity contribution in [3.63, 3.8) is 0 Å². The van der Waals surface area contributed by atoms with Crippen LogP contribution in [-0.4, -0.2) is 11.0 Å². The molecule has 2 aromatic carbocycles. The van der Waals surface area contributed by atoms with Crippen LogP contribution in [0.15, 0.2) is 59.0 Å². The van der Waals surface area contributed by atoms with Crippen molar-refractivity contribution in [3.8, 4) is 11.3 Å². The van der Waals surface area contributed by atoms with Crippen molar-refractivity contribution in [1.29, 1.82) is 0 Å². The van der Waals surface area contributed by atoms with Crippen LogP contribution in [-0.2, 0) is 4.79 Å². The first-order valence-electron chi connectivity index (χ1n) is 8.44. The molecule has 0 aliphatic heterocycles. The second-order valence-electron chi connectivity index (χ2n) is 6.02. The molecule has 3 rings (SSSR count). The number of nitrogens with one attached hydrogen (secondary N) is 2. The van der Waals surface area contributed by atoms with Gasteiger partial charge in [-0.15, -0.1) is 0 Å². The number of hydrogen-bond acceptors (Lipinski definition) is 3. The zero-order chi connectivity index (χ0) is 21.0. The lowest BCUT2D eigenvalue weighted by Crippen LogP contribution is -2.33. The Kier molecular flexibility index (Phi) is 6.98. The van der Waals surface area contributed by atoms with Gasteiger partial charge in [0.05, 0.1) is 5.02 Å². The van der Waals surface area contributed by atoms with E-state index in [4.69, 9.17) is 51.4 Å². The van der Waals surface area contributed by atoms with Gasteiger partial charge in [-0.05, 0) is 73.2 Å². The predicted octanol–water partition coefficient (Wildman–Crippen LogP) is 6.74. The van der Waals surface area contributed by atoms with Crippen molar-refractivity contribution in [3.05, 3.63) is 81.0 Å². The van der Waals surface area contributed by atoms with Gasteiger partial charge in [0.2, 0.25) is 5.91 Å². The third kappa shape index (κ3) is 5.61. The minimum atomic E-state index is -0.398. The summed E-state index contributed by atoms with van der Waals surface area (Å²) in [5.41, 5.74) is 2.27. The molecule has 0 saturated heterocycles. The molecule has 2 N–H and O–H groups in total. The Balaban J connectivity index is 1.61. The summed E-state index contributed by atoms with van der Waals surface area (Å²) in [7, 11) is 0. The molecule has 1 aromatic heterocycles. The van der Waals surface area contributed by atoms with E-state index >= 15 is 0 Å². The molecule has 1 amide bonds. The molecule has 8 heteroatoms. The smallest absolute Gasteiger partial charge is 0.250 e. The number of carbonyl (C=O) groups is 1. The molecule has 0 spiro atoms. The van der Waals surface area contributed by atoms with Gasteiger partial charge in [0.15, 0.2) is 5.11 Å². The molecule has 3 aromatic rings. The van der Waals surface area contributed by atoms with Gasteiger partial charge in [-0.25, -0.2) is 0 Å². The van der Waals surface area contributed by atoms with Crippen LogP contribution < -0.4 is 10.6 Å². The maximum absolute atomic E-state index is 12.1. The van der Waals surface area contributed by atoms with E-state index in [-0.39, 0.29) is 5.11 Å². The fraction of sp³-hybridized carbons (Fsp3) is 0.0476. The highest BCUT2D eigenvalue weighted by atomic mass is 35.5. The number of furan rings is 1. The van der Waals surface area contributed by atoms with Gasteiger partial charge in [-0.3, -0.25) is 10.1 Å². The third-order valence-corrected chi connectivity index (χ3v) is 5.14. The van der Waals surface area contributed by atoms with E-state index in [1.54, 1.807) is 42.5 Å². The van der Waals surface area contributed by atoms with Crippen LogP contribution in [0.5, 0.6) is 0 Å². The Morgan fingerprint density at radius 2 is 1.86 bits per heavy atom. The molecule has 0 bridgehead atoms. The molecule has 4 nitrogen and oxygen atoms in total. The van der Waals surface area contributed by atoms with Gasteiger partial charge in [-0.2, -0.15) is 0 Å². The Morgan fingerprint density at radius 1 is 1.07 bits per heavy atom. The Labute approximate surface area is 188 Å². The standard InChI is InChI=1S/C21H15Cl3N2O2S/c1-12-16(23)3-2-4-18(12)25-21(29)26-20(27)10-7-14-6-9-19(28-14)15-8-5-13(22)11-17(15)24/h2-11H,1H3,(H2,25,26,27,29)/b10-7+. The van der Waals surface area contributed by atoms with Crippen molar-refractivity contribution in [1.82, 2.24) is 5.32 Å². The normalized spacial score (nSPS) is 10.9. The number of carbonyl (C=O) groups excluding carboxylic acids is 1. The highest BCUT2D eigenvalue weighted by Gasteiger charge is 2.09. The number of benzene rings is 2. The summed E-state index contributed by atoms with van der Waals surface area (Å²) in [6, 6.07) is 14.0. The minimum Gasteiger partial charge on any atom is -0.457 e. The van der Waals surface area contributed by atoms with E-state index in [9.17, 15) is 4.79 Å². The second-order valence-corrected chi connectivity index (χ2v) is 7.67. The molecular formula is C21H15Cl3N2O2S. The first kappa shape index (κ1) is 21.4. The Hall–Kier alpha value is -2.31. The average Bonchev–Trinajstić information content (AvgIpc) is 3.12. The van der Waals surface area contributed by atoms with Gasteiger partial charge < -0.3 is 9.73 Å². The molecule has 0 aliphatic carbocycles. The summed E-state index contributed by atoms with van der Waals surface area (Å²) in [5, 5.41) is 7.32. The number of halogens is 3. The molecule has 0 radical (unpaired) electrons. The quantitative estimate of drug-likeness (QED) is 0.331. The molecule has 0 fully saturated rings. The van der Waals surface area contributed by atoms with Gasteiger partial charge in [0.1, 0.15) is 11.5 Å². The minimum absolute atomic E-state index is 0.165. The van der Waals surface area contributed by atoms with E-state index in [1.807, 2.05) is 13.0 Å². The number of amides is 1. The average molecular weight is 466 g/mol. The van der Waals surface area contributed by atoms with Crippen LogP contribution in [0.25, 0.3) is 17.4 Å². The Morgan fingerprint density at radius 3 is 2.62 bits per heavy atom. The highest BCUT2D eigenvalue weighted by Crippen LogP contribution is 2.31. The molecule has 1 heterocycles. The summed E-state index contributed by atoms with van der Waals surface area (Å²) in [6.07, 6.45) is 2.86. The summed E-state index contributed by atoms with van der Waals surface area (Å²) in [5.74, 6) is 0.663. The second kappa shape index (κ2) is 9.46. The van der Waals surface area contributed by atoms with Crippen LogP contribution in [0, 0.1) is 6.92 Å². The zero-order valence-electron chi connectivity index (χ0n) is 15.1. The molecule has 148 valence electrons. The maximum atomic E-state index is 12.1. The highest BCUT2D eigenvalue weighted by molar-refractivity contribution is 7.80. The number of thiocarbonyl (C=S) groups is 1. The van der Waals surface area contributed by atoms with E-state index in [2.05, 4.69) is 10.6 Å².